The number of carboxylic acid groups (broad SMARTS) is 1. The number of carboxylic acids is 1. The minimum Gasteiger partial charge on any atom is -0.505 e. The van der Waals surface area contributed by atoms with Crippen molar-refractivity contribution in [3.8, 4) is 28.4 Å². The van der Waals surface area contributed by atoms with E-state index >= 15 is 0 Å². The van der Waals surface area contributed by atoms with Crippen LogP contribution in [0.15, 0.2) is 53.3 Å². The van der Waals surface area contributed by atoms with Gasteiger partial charge in [-0.2, -0.15) is 0 Å². The number of halogens is 3. The number of aromatic nitrogens is 1. The molecule has 1 heterocycles. The van der Waals surface area contributed by atoms with Gasteiger partial charge in [-0.1, -0.05) is 18.2 Å². The third-order valence-electron chi connectivity index (χ3n) is 5.58. The second kappa shape index (κ2) is 11.2. The lowest BCUT2D eigenvalue weighted by Crippen LogP contribution is -2.36. The van der Waals surface area contributed by atoms with Crippen LogP contribution in [-0.2, 0) is 11.8 Å². The molecular weight excluding hydrogens is 511 g/mol. The third kappa shape index (κ3) is 6.75. The van der Waals surface area contributed by atoms with Crippen molar-refractivity contribution in [2.75, 3.05) is 12.4 Å². The molecule has 0 radical (unpaired) electrons. The standard InChI is InChI=1S/C25H24F3N3O7/c1-13-9-19(32)22(23(35)31(13)2)30-24(36)29-18(12-21(33)34)15-7-8-20(37-3)17(11-15)14-5-4-6-16(10-14)38-25(26,27)28/h4-11,18,32H,12H2,1-3H3,(H,33,34)(H2,29,30,36). The number of carbonyl (C=O) groups is 2. The maximum Gasteiger partial charge on any atom is 0.573 e. The Morgan fingerprint density at radius 1 is 1.13 bits per heavy atom. The molecule has 0 saturated carbocycles. The van der Waals surface area contributed by atoms with E-state index in [1.165, 1.54) is 55.1 Å². The van der Waals surface area contributed by atoms with Gasteiger partial charge in [-0.25, -0.2) is 4.79 Å². The number of alkyl halides is 3. The number of anilines is 1. The van der Waals surface area contributed by atoms with E-state index in [9.17, 15) is 37.8 Å². The molecule has 0 saturated heterocycles. The first kappa shape index (κ1) is 27.9. The van der Waals surface area contributed by atoms with Crippen LogP contribution >= 0.6 is 0 Å². The number of aliphatic carboxylic acids is 1. The number of benzene rings is 2. The fourth-order valence-electron chi connectivity index (χ4n) is 3.69. The van der Waals surface area contributed by atoms with Gasteiger partial charge in [0.1, 0.15) is 17.2 Å². The zero-order chi connectivity index (χ0) is 28.2. The highest BCUT2D eigenvalue weighted by Gasteiger charge is 2.31. The van der Waals surface area contributed by atoms with Crippen molar-refractivity contribution >= 4 is 17.7 Å². The molecule has 0 aliphatic heterocycles. The second-order valence-electron chi connectivity index (χ2n) is 8.19. The van der Waals surface area contributed by atoms with E-state index in [1.807, 2.05) is 0 Å². The summed E-state index contributed by atoms with van der Waals surface area (Å²) in [6.45, 7) is 1.58. The molecule has 0 spiro atoms. The van der Waals surface area contributed by atoms with Gasteiger partial charge in [0.2, 0.25) is 0 Å². The Bertz CT molecular complexity index is 1420. The van der Waals surface area contributed by atoms with E-state index in [4.69, 9.17) is 4.74 Å². The molecule has 4 N–H and O–H groups in total. The number of ether oxygens (including phenoxy) is 2. The molecule has 2 amide bonds. The zero-order valence-corrected chi connectivity index (χ0v) is 20.4. The molecule has 10 nitrogen and oxygen atoms in total. The summed E-state index contributed by atoms with van der Waals surface area (Å²) in [6.07, 6.45) is -5.48. The van der Waals surface area contributed by atoms with Gasteiger partial charge >= 0.3 is 18.4 Å². The van der Waals surface area contributed by atoms with Crippen LogP contribution in [-0.4, -0.2) is 40.3 Å². The lowest BCUT2D eigenvalue weighted by molar-refractivity contribution is -0.274. The summed E-state index contributed by atoms with van der Waals surface area (Å²) < 4.78 is 48.6. The van der Waals surface area contributed by atoms with Crippen molar-refractivity contribution < 1.29 is 42.4 Å². The van der Waals surface area contributed by atoms with Gasteiger partial charge in [0.25, 0.3) is 5.56 Å². The number of nitrogens with one attached hydrogen (secondary N) is 2. The molecule has 0 fully saturated rings. The normalized spacial score (nSPS) is 11.9. The predicted molar refractivity (Wildman–Crippen MR) is 130 cm³/mol. The van der Waals surface area contributed by atoms with Crippen molar-refractivity contribution in [2.45, 2.75) is 25.7 Å². The number of aromatic hydroxyl groups is 1. The zero-order valence-electron chi connectivity index (χ0n) is 20.4. The number of hydrogen-bond donors (Lipinski definition) is 4. The lowest BCUT2D eigenvalue weighted by Gasteiger charge is -2.20. The molecule has 202 valence electrons. The van der Waals surface area contributed by atoms with Crippen molar-refractivity contribution in [1.29, 1.82) is 0 Å². The Labute approximate surface area is 214 Å². The van der Waals surface area contributed by atoms with Crippen molar-refractivity contribution in [1.82, 2.24) is 9.88 Å². The van der Waals surface area contributed by atoms with Gasteiger partial charge in [-0.3, -0.25) is 9.59 Å². The minimum absolute atomic E-state index is 0.268. The number of urea groups is 1. The van der Waals surface area contributed by atoms with Crippen LogP contribution in [0.25, 0.3) is 11.1 Å². The summed E-state index contributed by atoms with van der Waals surface area (Å²) in [5.41, 5.74) is 0.221. The van der Waals surface area contributed by atoms with Crippen molar-refractivity contribution in [2.24, 2.45) is 7.05 Å². The first-order valence-electron chi connectivity index (χ1n) is 11.0. The summed E-state index contributed by atoms with van der Waals surface area (Å²) in [5, 5.41) is 24.2. The fourth-order valence-corrected chi connectivity index (χ4v) is 3.69. The van der Waals surface area contributed by atoms with Crippen molar-refractivity contribution in [3.63, 3.8) is 0 Å². The van der Waals surface area contributed by atoms with E-state index in [0.29, 0.717) is 11.3 Å². The predicted octanol–water partition coefficient (Wildman–Crippen LogP) is 4.31. The molecular formula is C25H24F3N3O7. The van der Waals surface area contributed by atoms with E-state index in [2.05, 4.69) is 15.4 Å². The quantitative estimate of drug-likeness (QED) is 0.337. The third-order valence-corrected chi connectivity index (χ3v) is 5.58. The highest BCUT2D eigenvalue weighted by molar-refractivity contribution is 5.91. The van der Waals surface area contributed by atoms with Crippen LogP contribution < -0.4 is 25.7 Å². The van der Waals surface area contributed by atoms with E-state index in [1.54, 1.807) is 6.92 Å². The molecule has 0 aliphatic rings. The Morgan fingerprint density at radius 3 is 2.47 bits per heavy atom. The number of hydrogen-bond acceptors (Lipinski definition) is 6. The largest absolute Gasteiger partial charge is 0.573 e. The molecule has 0 bridgehead atoms. The van der Waals surface area contributed by atoms with Gasteiger partial charge in [0, 0.05) is 24.4 Å². The molecule has 2 aromatic carbocycles. The average Bonchev–Trinajstić information content (AvgIpc) is 2.83. The van der Waals surface area contributed by atoms with Crippen LogP contribution in [0.3, 0.4) is 0 Å². The SMILES string of the molecule is COc1ccc(C(CC(=O)O)NC(=O)Nc2c(O)cc(C)n(C)c2=O)cc1-c1cccc(OC(F)(F)F)c1. The Balaban J connectivity index is 1.96. The first-order chi connectivity index (χ1) is 17.8. The minimum atomic E-state index is -4.90. The second-order valence-corrected chi connectivity index (χ2v) is 8.19. The molecule has 13 heteroatoms. The number of nitrogens with zero attached hydrogens (tertiary/aromatic N) is 1. The van der Waals surface area contributed by atoms with Gasteiger partial charge < -0.3 is 34.9 Å². The topological polar surface area (TPSA) is 139 Å². The molecule has 0 aliphatic carbocycles. The molecule has 1 atom stereocenters. The molecule has 1 unspecified atom stereocenters. The monoisotopic (exact) mass is 535 g/mol. The summed E-state index contributed by atoms with van der Waals surface area (Å²) in [7, 11) is 2.80. The van der Waals surface area contributed by atoms with Gasteiger partial charge in [-0.05, 0) is 42.3 Å². The number of amides is 2. The summed E-state index contributed by atoms with van der Waals surface area (Å²) in [4.78, 5) is 36.7. The Hall–Kier alpha value is -4.68. The number of rotatable bonds is 8. The Kier molecular flexibility index (Phi) is 8.19. The highest BCUT2D eigenvalue weighted by Crippen LogP contribution is 2.36. The van der Waals surface area contributed by atoms with Crippen LogP contribution in [0.1, 0.15) is 23.7 Å². The molecule has 3 aromatic rings. The number of pyridine rings is 1. The number of aryl methyl sites for hydroxylation is 1. The highest BCUT2D eigenvalue weighted by atomic mass is 19.4. The first-order valence-corrected chi connectivity index (χ1v) is 11.0. The Morgan fingerprint density at radius 2 is 1.84 bits per heavy atom. The van der Waals surface area contributed by atoms with Crippen LogP contribution in [0.2, 0.25) is 0 Å². The van der Waals surface area contributed by atoms with Crippen LogP contribution in [0, 0.1) is 6.92 Å². The maximum absolute atomic E-state index is 12.7. The fraction of sp³-hybridized carbons (Fsp3) is 0.240. The molecule has 38 heavy (non-hydrogen) atoms. The number of methoxy groups -OCH3 is 1. The van der Waals surface area contributed by atoms with E-state index < -0.39 is 53.6 Å². The molecule has 3 rings (SSSR count). The summed E-state index contributed by atoms with van der Waals surface area (Å²) >= 11 is 0. The summed E-state index contributed by atoms with van der Waals surface area (Å²) in [5.74, 6) is -1.93. The average molecular weight is 535 g/mol. The smallest absolute Gasteiger partial charge is 0.505 e. The lowest BCUT2D eigenvalue weighted by atomic mass is 9.96. The van der Waals surface area contributed by atoms with Gasteiger partial charge in [0.05, 0.1) is 19.6 Å². The summed E-state index contributed by atoms with van der Waals surface area (Å²) in [6, 6.07) is 8.69. The van der Waals surface area contributed by atoms with E-state index in [0.717, 1.165) is 12.1 Å². The van der Waals surface area contributed by atoms with Crippen molar-refractivity contribution in [3.05, 3.63) is 70.1 Å². The van der Waals surface area contributed by atoms with Gasteiger partial charge in [0.15, 0.2) is 5.69 Å². The number of carbonyl (C=O) groups excluding carboxylic acids is 1. The molecule has 1 aromatic heterocycles. The van der Waals surface area contributed by atoms with Crippen LogP contribution in [0.5, 0.6) is 17.2 Å². The van der Waals surface area contributed by atoms with Gasteiger partial charge in [-0.15, -0.1) is 13.2 Å². The van der Waals surface area contributed by atoms with Crippen LogP contribution in [0.4, 0.5) is 23.7 Å². The van der Waals surface area contributed by atoms with E-state index in [-0.39, 0.29) is 16.9 Å². The maximum atomic E-state index is 12.7.